The molecule has 0 nitrogen and oxygen atoms in total. The van der Waals surface area contributed by atoms with Gasteiger partial charge in [0.05, 0.1) is 0 Å². The molecule has 0 aliphatic heterocycles. The lowest BCUT2D eigenvalue weighted by Gasteiger charge is -2.20. The fourth-order valence-electron chi connectivity index (χ4n) is 3.48. The van der Waals surface area contributed by atoms with Gasteiger partial charge in [0.25, 0.3) is 0 Å². The molecular weight excluding hydrogens is 156 g/mol. The molecule has 1 fully saturated rings. The predicted octanol–water partition coefficient (Wildman–Crippen LogP) is 3.70. The van der Waals surface area contributed by atoms with Gasteiger partial charge in [0, 0.05) is 0 Å². The Morgan fingerprint density at radius 3 is 3.23 bits per heavy atom. The number of hydrogen-bond donors (Lipinski definition) is 0. The van der Waals surface area contributed by atoms with Crippen LogP contribution in [0.5, 0.6) is 0 Å². The third-order valence-electron chi connectivity index (χ3n) is 4.11. The summed E-state index contributed by atoms with van der Waals surface area (Å²) in [5.41, 5.74) is 1.64. The average molecular weight is 174 g/mol. The van der Waals surface area contributed by atoms with Crippen LogP contribution in [0.25, 0.3) is 0 Å². The van der Waals surface area contributed by atoms with Crippen LogP contribution in [0.15, 0.2) is 23.8 Å². The topological polar surface area (TPSA) is 0 Å². The molecule has 0 N–H and O–H groups in total. The highest BCUT2D eigenvalue weighted by Crippen LogP contribution is 2.43. The second-order valence-corrected chi connectivity index (χ2v) is 5.04. The van der Waals surface area contributed by atoms with E-state index in [0.29, 0.717) is 0 Å². The summed E-state index contributed by atoms with van der Waals surface area (Å²) in [4.78, 5) is 0. The van der Waals surface area contributed by atoms with Crippen molar-refractivity contribution < 1.29 is 0 Å². The van der Waals surface area contributed by atoms with Crippen LogP contribution in [-0.4, -0.2) is 0 Å². The number of fused-ring (bicyclic) bond motifs is 3. The van der Waals surface area contributed by atoms with Gasteiger partial charge in [-0.2, -0.15) is 0 Å². The van der Waals surface area contributed by atoms with Crippen molar-refractivity contribution in [1.82, 2.24) is 0 Å². The smallest absolute Gasteiger partial charge is 0.0199 e. The lowest BCUT2D eigenvalue weighted by Crippen LogP contribution is -2.09. The van der Waals surface area contributed by atoms with Crippen molar-refractivity contribution in [1.29, 1.82) is 0 Å². The zero-order valence-electron chi connectivity index (χ0n) is 8.21. The number of hydrogen-bond acceptors (Lipinski definition) is 0. The van der Waals surface area contributed by atoms with Crippen LogP contribution in [0.4, 0.5) is 0 Å². The van der Waals surface area contributed by atoms with Crippen molar-refractivity contribution in [2.75, 3.05) is 0 Å². The fourth-order valence-corrected chi connectivity index (χ4v) is 3.48. The number of rotatable bonds is 0. The van der Waals surface area contributed by atoms with Gasteiger partial charge < -0.3 is 0 Å². The Morgan fingerprint density at radius 1 is 1.23 bits per heavy atom. The molecule has 0 amide bonds. The Hall–Kier alpha value is -0.520. The summed E-state index contributed by atoms with van der Waals surface area (Å²) in [5.74, 6) is 2.98. The van der Waals surface area contributed by atoms with E-state index >= 15 is 0 Å². The van der Waals surface area contributed by atoms with Gasteiger partial charge in [-0.05, 0) is 49.9 Å². The van der Waals surface area contributed by atoms with Gasteiger partial charge in [-0.1, -0.05) is 30.2 Å². The van der Waals surface area contributed by atoms with Crippen LogP contribution in [0.3, 0.4) is 0 Å². The zero-order valence-corrected chi connectivity index (χ0v) is 8.21. The highest BCUT2D eigenvalue weighted by atomic mass is 14.4. The summed E-state index contributed by atoms with van der Waals surface area (Å²) in [6, 6.07) is 0. The standard InChI is InChI=1S/C13H18/c1-3-10-7-11(4-1)9-13-6-2-5-12(13)8-10/h1,3,8,11-13H,2,4-7,9H2. The molecule has 0 spiro atoms. The molecule has 13 heavy (non-hydrogen) atoms. The van der Waals surface area contributed by atoms with Crippen LogP contribution < -0.4 is 0 Å². The summed E-state index contributed by atoms with van der Waals surface area (Å²) in [6.45, 7) is 0. The summed E-state index contributed by atoms with van der Waals surface area (Å²) in [6.07, 6.45) is 16.0. The summed E-state index contributed by atoms with van der Waals surface area (Å²) < 4.78 is 0. The highest BCUT2D eigenvalue weighted by Gasteiger charge is 2.31. The summed E-state index contributed by atoms with van der Waals surface area (Å²) in [7, 11) is 0. The Bertz CT molecular complexity index is 259. The van der Waals surface area contributed by atoms with E-state index in [1.807, 2.05) is 0 Å². The highest BCUT2D eigenvalue weighted by molar-refractivity contribution is 5.25. The first kappa shape index (κ1) is 7.84. The largest absolute Gasteiger partial charge is 0.0840 e. The third kappa shape index (κ3) is 1.37. The van der Waals surface area contributed by atoms with E-state index in [0.717, 1.165) is 17.8 Å². The molecule has 2 bridgehead atoms. The average Bonchev–Trinajstić information content (AvgIpc) is 2.49. The molecule has 1 saturated carbocycles. The van der Waals surface area contributed by atoms with Gasteiger partial charge in [-0.25, -0.2) is 0 Å². The first-order chi connectivity index (χ1) is 6.42. The van der Waals surface area contributed by atoms with Gasteiger partial charge in [0.1, 0.15) is 0 Å². The first-order valence-electron chi connectivity index (χ1n) is 5.79. The monoisotopic (exact) mass is 174 g/mol. The van der Waals surface area contributed by atoms with Crippen LogP contribution in [0, 0.1) is 17.8 Å². The molecule has 0 heteroatoms. The maximum absolute atomic E-state index is 2.59. The van der Waals surface area contributed by atoms with Crippen LogP contribution >= 0.6 is 0 Å². The fraction of sp³-hybridized carbons (Fsp3) is 0.692. The van der Waals surface area contributed by atoms with Gasteiger partial charge in [0.2, 0.25) is 0 Å². The summed E-state index contributed by atoms with van der Waals surface area (Å²) >= 11 is 0. The van der Waals surface area contributed by atoms with Crippen molar-refractivity contribution in [2.24, 2.45) is 17.8 Å². The molecule has 0 aromatic carbocycles. The van der Waals surface area contributed by atoms with E-state index in [1.165, 1.54) is 38.5 Å². The minimum absolute atomic E-state index is 0.947. The van der Waals surface area contributed by atoms with E-state index in [1.54, 1.807) is 5.57 Å². The Kier molecular flexibility index (Phi) is 1.81. The SMILES string of the molecule is C1=CC2=CC3CCCC3CC(C1)C2. The lowest BCUT2D eigenvalue weighted by atomic mass is 9.85. The maximum atomic E-state index is 2.59. The molecule has 3 aliphatic carbocycles. The lowest BCUT2D eigenvalue weighted by molar-refractivity contribution is 0.348. The normalized spacial score (nSPS) is 42.5. The van der Waals surface area contributed by atoms with Crippen molar-refractivity contribution in [2.45, 2.75) is 38.5 Å². The maximum Gasteiger partial charge on any atom is -0.0199 e. The molecule has 3 unspecified atom stereocenters. The molecular formula is C13H18. The second-order valence-electron chi connectivity index (χ2n) is 5.04. The molecule has 0 saturated heterocycles. The van der Waals surface area contributed by atoms with Crippen molar-refractivity contribution in [3.8, 4) is 0 Å². The molecule has 3 rings (SSSR count). The second kappa shape index (κ2) is 3.01. The van der Waals surface area contributed by atoms with Crippen molar-refractivity contribution in [3.63, 3.8) is 0 Å². The van der Waals surface area contributed by atoms with E-state index < -0.39 is 0 Å². The molecule has 0 aromatic rings. The van der Waals surface area contributed by atoms with Crippen LogP contribution in [0.1, 0.15) is 38.5 Å². The van der Waals surface area contributed by atoms with E-state index in [2.05, 4.69) is 18.2 Å². The van der Waals surface area contributed by atoms with E-state index in [4.69, 9.17) is 0 Å². The summed E-state index contributed by atoms with van der Waals surface area (Å²) in [5, 5.41) is 0. The van der Waals surface area contributed by atoms with Gasteiger partial charge in [-0.15, -0.1) is 0 Å². The number of allylic oxidation sites excluding steroid dienone is 4. The van der Waals surface area contributed by atoms with Gasteiger partial charge in [0.15, 0.2) is 0 Å². The molecule has 70 valence electrons. The Labute approximate surface area is 80.7 Å². The van der Waals surface area contributed by atoms with Crippen molar-refractivity contribution in [3.05, 3.63) is 23.8 Å². The predicted molar refractivity (Wildman–Crippen MR) is 55.4 cm³/mol. The van der Waals surface area contributed by atoms with E-state index in [9.17, 15) is 0 Å². The van der Waals surface area contributed by atoms with Gasteiger partial charge >= 0.3 is 0 Å². The van der Waals surface area contributed by atoms with Crippen LogP contribution in [0.2, 0.25) is 0 Å². The first-order valence-corrected chi connectivity index (χ1v) is 5.79. The third-order valence-corrected chi connectivity index (χ3v) is 4.11. The quantitative estimate of drug-likeness (QED) is 0.525. The Morgan fingerprint density at radius 2 is 2.23 bits per heavy atom. The minimum atomic E-state index is 0.947. The molecule has 0 radical (unpaired) electrons. The molecule has 3 aliphatic rings. The van der Waals surface area contributed by atoms with Gasteiger partial charge in [-0.3, -0.25) is 0 Å². The minimum Gasteiger partial charge on any atom is -0.0840 e. The zero-order chi connectivity index (χ0) is 8.67. The molecule has 0 aromatic heterocycles. The molecule has 3 atom stereocenters. The Balaban J connectivity index is 1.92. The van der Waals surface area contributed by atoms with E-state index in [-0.39, 0.29) is 0 Å². The van der Waals surface area contributed by atoms with Crippen molar-refractivity contribution >= 4 is 0 Å². The van der Waals surface area contributed by atoms with Crippen LogP contribution in [-0.2, 0) is 0 Å². The molecule has 0 heterocycles.